The van der Waals surface area contributed by atoms with Crippen molar-refractivity contribution in [2.75, 3.05) is 5.75 Å². The molecule has 0 aromatic carbocycles. The quantitative estimate of drug-likeness (QED) is 0.579. The lowest BCUT2D eigenvalue weighted by atomic mass is 10.2. The van der Waals surface area contributed by atoms with Crippen molar-refractivity contribution < 1.29 is 14.5 Å². The maximum atomic E-state index is 12.4. The summed E-state index contributed by atoms with van der Waals surface area (Å²) in [6, 6.07) is 0. The number of imidazole rings is 1. The molecule has 120 valence electrons. The second kappa shape index (κ2) is 5.99. The summed E-state index contributed by atoms with van der Waals surface area (Å²) in [4.78, 5) is 38.3. The third-order valence-corrected chi connectivity index (χ3v) is 4.25. The molecule has 22 heavy (non-hydrogen) atoms. The summed E-state index contributed by atoms with van der Waals surface area (Å²) in [5.41, 5.74) is -0.0322. The van der Waals surface area contributed by atoms with E-state index in [-0.39, 0.29) is 11.7 Å². The van der Waals surface area contributed by atoms with Crippen LogP contribution in [0.2, 0.25) is 0 Å². The molecule has 2 aromatic heterocycles. The molecule has 0 saturated heterocycles. The van der Waals surface area contributed by atoms with Crippen LogP contribution in [0.25, 0.3) is 11.2 Å². The number of carboxylic acids is 1. The minimum atomic E-state index is -0.943. The highest BCUT2D eigenvalue weighted by atomic mass is 32.2. The Bertz CT molecular complexity index is 846. The van der Waals surface area contributed by atoms with Crippen LogP contribution in [0.5, 0.6) is 0 Å². The fourth-order valence-corrected chi connectivity index (χ4v) is 3.02. The minimum absolute atomic E-state index is 0.126. The van der Waals surface area contributed by atoms with Crippen molar-refractivity contribution in [1.82, 2.24) is 14.1 Å². The van der Waals surface area contributed by atoms with Gasteiger partial charge in [0.05, 0.1) is 6.54 Å². The van der Waals surface area contributed by atoms with Crippen LogP contribution in [0.4, 0.5) is 0 Å². The van der Waals surface area contributed by atoms with Crippen molar-refractivity contribution >= 4 is 28.9 Å². The lowest BCUT2D eigenvalue weighted by molar-refractivity contribution is -0.714. The highest BCUT2D eigenvalue weighted by molar-refractivity contribution is 7.99. The monoisotopic (exact) mass is 327 g/mol. The molecule has 8 nitrogen and oxygen atoms in total. The Hall–Kier alpha value is -2.03. The zero-order chi connectivity index (χ0) is 16.6. The van der Waals surface area contributed by atoms with Gasteiger partial charge in [-0.2, -0.15) is 0 Å². The molecule has 0 bridgehead atoms. The highest BCUT2D eigenvalue weighted by Crippen LogP contribution is 2.15. The first-order chi connectivity index (χ1) is 10.2. The Morgan fingerprint density at radius 1 is 1.32 bits per heavy atom. The maximum Gasteiger partial charge on any atom is 0.333 e. The van der Waals surface area contributed by atoms with E-state index in [1.807, 2.05) is 13.8 Å². The molecule has 0 spiro atoms. The van der Waals surface area contributed by atoms with Gasteiger partial charge < -0.3 is 5.11 Å². The van der Waals surface area contributed by atoms with E-state index in [1.54, 1.807) is 11.6 Å². The predicted octanol–water partition coefficient (Wildman–Crippen LogP) is -0.314. The average molecular weight is 327 g/mol. The number of carbonyl (C=O) groups is 1. The molecule has 0 unspecified atom stereocenters. The topological polar surface area (TPSA) is 101 Å². The summed E-state index contributed by atoms with van der Waals surface area (Å²) in [5.74, 6) is -0.809. The molecular formula is C13H19N4O4S+. The first-order valence-electron chi connectivity index (χ1n) is 6.80. The van der Waals surface area contributed by atoms with Gasteiger partial charge in [0.1, 0.15) is 5.75 Å². The fourth-order valence-electron chi connectivity index (χ4n) is 2.27. The van der Waals surface area contributed by atoms with Crippen LogP contribution in [-0.4, -0.2) is 30.9 Å². The lowest BCUT2D eigenvalue weighted by Gasteiger charge is -2.05. The first-order valence-corrected chi connectivity index (χ1v) is 7.78. The van der Waals surface area contributed by atoms with E-state index < -0.39 is 17.2 Å². The molecule has 2 rings (SSSR count). The van der Waals surface area contributed by atoms with E-state index in [9.17, 15) is 14.4 Å². The highest BCUT2D eigenvalue weighted by Gasteiger charge is 2.27. The number of nitrogens with zero attached hydrogens (tertiary/aromatic N) is 3. The number of rotatable bonds is 5. The van der Waals surface area contributed by atoms with Gasteiger partial charge in [-0.25, -0.2) is 14.3 Å². The van der Waals surface area contributed by atoms with E-state index >= 15 is 0 Å². The molecule has 0 aliphatic heterocycles. The summed E-state index contributed by atoms with van der Waals surface area (Å²) in [7, 11) is 3.01. The summed E-state index contributed by atoms with van der Waals surface area (Å²) in [6.07, 6.45) is 0. The molecule has 0 radical (unpaired) electrons. The van der Waals surface area contributed by atoms with Gasteiger partial charge in [0, 0.05) is 14.1 Å². The molecule has 2 N–H and O–H groups in total. The lowest BCUT2D eigenvalue weighted by Crippen LogP contribution is -2.45. The molecule has 0 aliphatic carbocycles. The first kappa shape index (κ1) is 16.3. The van der Waals surface area contributed by atoms with Crippen LogP contribution in [0.3, 0.4) is 0 Å². The number of aryl methyl sites for hydroxylation is 1. The van der Waals surface area contributed by atoms with Crippen molar-refractivity contribution in [3.05, 3.63) is 20.8 Å². The number of thioether (sulfide) groups is 1. The van der Waals surface area contributed by atoms with Gasteiger partial charge in [-0.15, -0.1) is 0 Å². The average Bonchev–Trinajstić information content (AvgIpc) is 2.78. The van der Waals surface area contributed by atoms with Crippen molar-refractivity contribution in [2.24, 2.45) is 20.0 Å². The van der Waals surface area contributed by atoms with Crippen LogP contribution in [0.1, 0.15) is 13.8 Å². The van der Waals surface area contributed by atoms with E-state index in [0.29, 0.717) is 22.9 Å². The predicted molar refractivity (Wildman–Crippen MR) is 82.2 cm³/mol. The minimum Gasteiger partial charge on any atom is -0.481 e. The Labute approximate surface area is 130 Å². The number of hydrogen-bond donors (Lipinski definition) is 2. The van der Waals surface area contributed by atoms with Crippen LogP contribution in [0.15, 0.2) is 14.7 Å². The Morgan fingerprint density at radius 2 is 1.95 bits per heavy atom. The van der Waals surface area contributed by atoms with Crippen molar-refractivity contribution in [2.45, 2.75) is 25.5 Å². The number of aliphatic carboxylic acids is 1. The molecule has 0 fully saturated rings. The van der Waals surface area contributed by atoms with Crippen LogP contribution >= 0.6 is 11.8 Å². The molecule has 0 amide bonds. The summed E-state index contributed by atoms with van der Waals surface area (Å²) < 4.78 is 4.17. The number of fused-ring (bicyclic) bond motifs is 1. The number of aromatic nitrogens is 4. The van der Waals surface area contributed by atoms with Gasteiger partial charge in [0.2, 0.25) is 0 Å². The van der Waals surface area contributed by atoms with Crippen molar-refractivity contribution in [3.8, 4) is 0 Å². The smallest absolute Gasteiger partial charge is 0.333 e. The number of H-pyrrole nitrogens is 1. The third-order valence-electron chi connectivity index (χ3n) is 3.26. The molecule has 2 heterocycles. The van der Waals surface area contributed by atoms with Crippen LogP contribution in [0, 0.1) is 5.92 Å². The van der Waals surface area contributed by atoms with Crippen molar-refractivity contribution in [3.63, 3.8) is 0 Å². The van der Waals surface area contributed by atoms with Gasteiger partial charge in [-0.05, 0) is 17.7 Å². The fraction of sp³-hybridized carbons (Fsp3) is 0.538. The summed E-state index contributed by atoms with van der Waals surface area (Å²) >= 11 is 1.10. The normalized spacial score (nSPS) is 11.5. The van der Waals surface area contributed by atoms with Crippen molar-refractivity contribution in [1.29, 1.82) is 0 Å². The standard InChI is InChI=1S/C13H18N4O4S/c1-7(2)5-17-9-10(14-12(17)22-6-8(18)19)15(3)13(21)16(4)11(9)20/h7H,5-6H2,1-4H3,(H,18,19)/p+1. The molecule has 2 aromatic rings. The Kier molecular flexibility index (Phi) is 4.45. The second-order valence-electron chi connectivity index (χ2n) is 5.52. The zero-order valence-electron chi connectivity index (χ0n) is 12.9. The van der Waals surface area contributed by atoms with Gasteiger partial charge in [0.25, 0.3) is 11.2 Å². The molecular weight excluding hydrogens is 308 g/mol. The maximum absolute atomic E-state index is 12.4. The SMILES string of the molecule is CC(C)C[n+]1c(SCC(=O)O)[nH]c2c1c(=O)n(C)c(=O)n2C. The molecule has 0 atom stereocenters. The van der Waals surface area contributed by atoms with Gasteiger partial charge in [-0.3, -0.25) is 18.7 Å². The zero-order valence-corrected chi connectivity index (χ0v) is 13.7. The number of carboxylic acid groups (broad SMARTS) is 1. The second-order valence-corrected chi connectivity index (χ2v) is 6.48. The van der Waals surface area contributed by atoms with Crippen LogP contribution < -0.4 is 15.8 Å². The largest absolute Gasteiger partial charge is 0.481 e. The molecule has 9 heteroatoms. The molecule has 0 saturated carbocycles. The Balaban J connectivity index is 2.77. The molecule has 0 aliphatic rings. The van der Waals surface area contributed by atoms with E-state index in [4.69, 9.17) is 5.11 Å². The number of aromatic amines is 1. The van der Waals surface area contributed by atoms with E-state index in [2.05, 4.69) is 4.98 Å². The number of hydrogen-bond acceptors (Lipinski definition) is 4. The van der Waals surface area contributed by atoms with Crippen LogP contribution in [-0.2, 0) is 25.4 Å². The summed E-state index contributed by atoms with van der Waals surface area (Å²) in [5, 5.41) is 9.41. The van der Waals surface area contributed by atoms with E-state index in [1.165, 1.54) is 11.6 Å². The number of nitrogens with one attached hydrogen (secondary N) is 1. The van der Waals surface area contributed by atoms with Gasteiger partial charge >= 0.3 is 22.4 Å². The van der Waals surface area contributed by atoms with E-state index in [0.717, 1.165) is 16.3 Å². The third kappa shape index (κ3) is 2.80. The summed E-state index contributed by atoms with van der Waals surface area (Å²) in [6.45, 7) is 4.56. The Morgan fingerprint density at radius 3 is 2.50 bits per heavy atom. The van der Waals surface area contributed by atoms with Gasteiger partial charge in [-0.1, -0.05) is 13.8 Å². The van der Waals surface area contributed by atoms with Gasteiger partial charge in [0.15, 0.2) is 0 Å².